The maximum absolute atomic E-state index is 14.1. The van der Waals surface area contributed by atoms with E-state index in [1.807, 2.05) is 19.1 Å². The zero-order valence-electron chi connectivity index (χ0n) is 15.4. The van der Waals surface area contributed by atoms with E-state index in [4.69, 9.17) is 0 Å². The summed E-state index contributed by atoms with van der Waals surface area (Å²) < 4.78 is 15.1. The molecule has 0 aliphatic carbocycles. The summed E-state index contributed by atoms with van der Waals surface area (Å²) in [7, 11) is 0. The summed E-state index contributed by atoms with van der Waals surface area (Å²) in [5.74, 6) is -2.13. The van der Waals surface area contributed by atoms with Crippen LogP contribution < -0.4 is 5.56 Å². The van der Waals surface area contributed by atoms with Gasteiger partial charge in [0.1, 0.15) is 17.4 Å². The lowest BCUT2D eigenvalue weighted by molar-refractivity contribution is 0.103. The van der Waals surface area contributed by atoms with Crippen LogP contribution in [0, 0.1) is 31.0 Å². The highest BCUT2D eigenvalue weighted by Gasteiger charge is 2.26. The van der Waals surface area contributed by atoms with Crippen LogP contribution in [0.3, 0.4) is 0 Å². The number of hydrogen-bond acceptors (Lipinski definition) is 4. The van der Waals surface area contributed by atoms with Crippen LogP contribution in [-0.4, -0.2) is 15.5 Å². The first-order valence-corrected chi connectivity index (χ1v) is 8.56. The molecule has 0 aliphatic rings. The molecule has 0 bridgehead atoms. The van der Waals surface area contributed by atoms with E-state index in [1.165, 1.54) is 25.1 Å². The van der Waals surface area contributed by atoms with Crippen molar-refractivity contribution in [3.05, 3.63) is 98.1 Å². The molecule has 0 amide bonds. The molecule has 2 aromatic carbocycles. The second-order valence-corrected chi connectivity index (χ2v) is 6.50. The number of aromatic hydroxyl groups is 1. The van der Waals surface area contributed by atoms with Crippen LogP contribution in [0.1, 0.15) is 38.2 Å². The highest BCUT2D eigenvalue weighted by Crippen LogP contribution is 2.26. The van der Waals surface area contributed by atoms with E-state index in [9.17, 15) is 24.3 Å². The summed E-state index contributed by atoms with van der Waals surface area (Å²) >= 11 is 0. The van der Waals surface area contributed by atoms with E-state index in [0.29, 0.717) is 5.56 Å². The van der Waals surface area contributed by atoms with E-state index in [0.717, 1.165) is 16.2 Å². The van der Waals surface area contributed by atoms with Crippen molar-refractivity contribution in [2.45, 2.75) is 20.4 Å². The summed E-state index contributed by atoms with van der Waals surface area (Å²) in [5, 5.41) is 20.1. The molecule has 1 aromatic heterocycles. The highest BCUT2D eigenvalue weighted by atomic mass is 19.1. The summed E-state index contributed by atoms with van der Waals surface area (Å²) in [5.41, 5.74) is 0.294. The number of nitrogens with zero attached hydrogens (tertiary/aromatic N) is 2. The fraction of sp³-hybridized carbons (Fsp3) is 0.136. The zero-order valence-corrected chi connectivity index (χ0v) is 15.4. The molecule has 6 heteroatoms. The third kappa shape index (κ3) is 3.30. The number of aromatic nitrogens is 1. The summed E-state index contributed by atoms with van der Waals surface area (Å²) in [6.07, 6.45) is 0. The van der Waals surface area contributed by atoms with Gasteiger partial charge in [-0.1, -0.05) is 42.0 Å². The van der Waals surface area contributed by atoms with Crippen LogP contribution in [0.5, 0.6) is 5.88 Å². The molecule has 5 nitrogen and oxygen atoms in total. The van der Waals surface area contributed by atoms with Crippen molar-refractivity contribution < 1.29 is 14.3 Å². The van der Waals surface area contributed by atoms with E-state index in [1.54, 1.807) is 18.2 Å². The first kappa shape index (κ1) is 19.1. The van der Waals surface area contributed by atoms with Crippen molar-refractivity contribution in [2.75, 3.05) is 0 Å². The van der Waals surface area contributed by atoms with Gasteiger partial charge in [0.15, 0.2) is 0 Å². The van der Waals surface area contributed by atoms with Crippen LogP contribution in [0.2, 0.25) is 0 Å². The minimum Gasteiger partial charge on any atom is -0.494 e. The molecule has 140 valence electrons. The predicted octanol–water partition coefficient (Wildman–Crippen LogP) is 3.46. The molecular formula is C22H17FN2O3. The second-order valence-electron chi connectivity index (χ2n) is 6.50. The number of carbonyl (C=O) groups is 1. The molecule has 0 spiro atoms. The van der Waals surface area contributed by atoms with E-state index < -0.39 is 23.0 Å². The molecule has 1 N–H and O–H groups in total. The first-order valence-electron chi connectivity index (χ1n) is 8.56. The van der Waals surface area contributed by atoms with E-state index in [2.05, 4.69) is 0 Å². The average Bonchev–Trinajstić information content (AvgIpc) is 2.67. The standard InChI is InChI=1S/C22H17FN2O3/c1-13-7-9-15(10-8-13)12-25-21(27)17(11-24)14(2)19(22(25)28)20(26)16-5-3-4-6-18(16)23/h3-10,28H,12H2,1-2H3. The van der Waals surface area contributed by atoms with Gasteiger partial charge < -0.3 is 5.11 Å². The molecule has 3 rings (SSSR count). The lowest BCUT2D eigenvalue weighted by Crippen LogP contribution is -2.27. The van der Waals surface area contributed by atoms with Gasteiger partial charge in [-0.25, -0.2) is 4.39 Å². The Morgan fingerprint density at radius 1 is 1.14 bits per heavy atom. The number of benzene rings is 2. The number of pyridine rings is 1. The molecule has 0 radical (unpaired) electrons. The zero-order chi connectivity index (χ0) is 20.4. The fourth-order valence-electron chi connectivity index (χ4n) is 3.03. The van der Waals surface area contributed by atoms with Gasteiger partial charge in [-0.3, -0.25) is 14.2 Å². The summed E-state index contributed by atoms with van der Waals surface area (Å²) in [6, 6.07) is 14.4. The van der Waals surface area contributed by atoms with Crippen molar-refractivity contribution in [2.24, 2.45) is 0 Å². The van der Waals surface area contributed by atoms with E-state index in [-0.39, 0.29) is 28.8 Å². The van der Waals surface area contributed by atoms with E-state index >= 15 is 0 Å². The first-order chi connectivity index (χ1) is 13.3. The Kier molecular flexibility index (Phi) is 5.10. The number of halogens is 1. The van der Waals surface area contributed by atoms with Crippen molar-refractivity contribution in [3.8, 4) is 11.9 Å². The van der Waals surface area contributed by atoms with Gasteiger partial charge in [0.05, 0.1) is 17.7 Å². The third-order valence-corrected chi connectivity index (χ3v) is 4.61. The quantitative estimate of drug-likeness (QED) is 0.707. The molecule has 3 aromatic rings. The number of carbonyl (C=O) groups excluding carboxylic acids is 1. The van der Waals surface area contributed by atoms with Gasteiger partial charge in [0.2, 0.25) is 11.7 Å². The lowest BCUT2D eigenvalue weighted by Gasteiger charge is -2.16. The molecule has 0 unspecified atom stereocenters. The lowest BCUT2D eigenvalue weighted by atomic mass is 9.96. The van der Waals surface area contributed by atoms with Crippen LogP contribution in [0.4, 0.5) is 4.39 Å². The van der Waals surface area contributed by atoms with Crippen molar-refractivity contribution >= 4 is 5.78 Å². The minimum atomic E-state index is -0.790. The largest absolute Gasteiger partial charge is 0.494 e. The van der Waals surface area contributed by atoms with Gasteiger partial charge in [-0.2, -0.15) is 5.26 Å². The molecule has 0 aliphatic heterocycles. The fourth-order valence-corrected chi connectivity index (χ4v) is 3.03. The number of ketones is 1. The molecule has 28 heavy (non-hydrogen) atoms. The van der Waals surface area contributed by atoms with Crippen LogP contribution >= 0.6 is 0 Å². The molecule has 0 atom stereocenters. The number of rotatable bonds is 4. The normalized spacial score (nSPS) is 10.5. The van der Waals surface area contributed by atoms with Crippen molar-refractivity contribution in [3.63, 3.8) is 0 Å². The Bertz CT molecular complexity index is 1170. The van der Waals surface area contributed by atoms with Crippen molar-refractivity contribution in [1.82, 2.24) is 4.57 Å². The molecular weight excluding hydrogens is 359 g/mol. The Morgan fingerprint density at radius 2 is 1.79 bits per heavy atom. The number of nitriles is 1. The maximum atomic E-state index is 14.1. The van der Waals surface area contributed by atoms with Crippen LogP contribution in [0.15, 0.2) is 53.3 Å². The maximum Gasteiger partial charge on any atom is 0.271 e. The van der Waals surface area contributed by atoms with Crippen LogP contribution in [0.25, 0.3) is 0 Å². The summed E-state index contributed by atoms with van der Waals surface area (Å²) in [4.78, 5) is 25.6. The third-order valence-electron chi connectivity index (χ3n) is 4.61. The van der Waals surface area contributed by atoms with Gasteiger partial charge in [-0.15, -0.1) is 0 Å². The summed E-state index contributed by atoms with van der Waals surface area (Å²) in [6.45, 7) is 3.28. The Labute approximate surface area is 160 Å². The smallest absolute Gasteiger partial charge is 0.271 e. The monoisotopic (exact) mass is 376 g/mol. The average molecular weight is 376 g/mol. The van der Waals surface area contributed by atoms with Crippen LogP contribution in [-0.2, 0) is 6.54 Å². The van der Waals surface area contributed by atoms with Crippen molar-refractivity contribution in [1.29, 1.82) is 5.26 Å². The Hall–Kier alpha value is -3.72. The Balaban J connectivity index is 2.22. The van der Waals surface area contributed by atoms with Gasteiger partial charge >= 0.3 is 0 Å². The van der Waals surface area contributed by atoms with Gasteiger partial charge in [0.25, 0.3) is 5.56 Å². The minimum absolute atomic E-state index is 0.0263. The highest BCUT2D eigenvalue weighted by molar-refractivity contribution is 6.11. The SMILES string of the molecule is Cc1ccc(Cn2c(O)c(C(=O)c3ccccc3F)c(C)c(C#N)c2=O)cc1. The number of aryl methyl sites for hydroxylation is 1. The van der Waals surface area contributed by atoms with Gasteiger partial charge in [-0.05, 0) is 37.1 Å². The molecule has 0 saturated carbocycles. The second kappa shape index (κ2) is 7.49. The number of hydrogen-bond donors (Lipinski definition) is 1. The molecule has 0 fully saturated rings. The van der Waals surface area contributed by atoms with Gasteiger partial charge in [0, 0.05) is 0 Å². The molecule has 0 saturated heterocycles. The Morgan fingerprint density at radius 3 is 2.39 bits per heavy atom. The topological polar surface area (TPSA) is 83.1 Å². The predicted molar refractivity (Wildman–Crippen MR) is 102 cm³/mol. The molecule has 1 heterocycles.